The summed E-state index contributed by atoms with van der Waals surface area (Å²) in [6.45, 7) is 3.54. The quantitative estimate of drug-likeness (QED) is 0.671. The third-order valence-electron chi connectivity index (χ3n) is 1.66. The van der Waals surface area contributed by atoms with E-state index in [1.54, 1.807) is 11.7 Å². The molecule has 1 heterocycles. The minimum atomic E-state index is 0.450. The van der Waals surface area contributed by atoms with Gasteiger partial charge in [-0.1, -0.05) is 6.92 Å². The van der Waals surface area contributed by atoms with E-state index in [9.17, 15) is 0 Å². The summed E-state index contributed by atoms with van der Waals surface area (Å²) in [4.78, 5) is 4.06. The van der Waals surface area contributed by atoms with Crippen LogP contribution >= 0.6 is 0 Å². The monoisotopic (exact) mass is 184 g/mol. The number of nitrogens with zero attached hydrogens (tertiary/aromatic N) is 3. The molecule has 0 saturated carbocycles. The molecule has 0 fully saturated rings. The third kappa shape index (κ3) is 3.02. The lowest BCUT2D eigenvalue weighted by atomic mass is 10.4. The minimum absolute atomic E-state index is 0.450. The molecule has 0 saturated heterocycles. The summed E-state index contributed by atoms with van der Waals surface area (Å²) >= 11 is 0. The Labute approximate surface area is 77.9 Å². The largest absolute Gasteiger partial charge is 0.381 e. The average molecular weight is 184 g/mol. The average Bonchev–Trinajstić information content (AvgIpc) is 2.41. The molecule has 5 nitrogen and oxygen atoms in total. The smallest absolute Gasteiger partial charge is 0.218 e. The molecule has 0 aliphatic carbocycles. The van der Waals surface area contributed by atoms with E-state index in [0.717, 1.165) is 25.3 Å². The lowest BCUT2D eigenvalue weighted by Gasteiger charge is -1.97. The molecule has 0 aliphatic heterocycles. The summed E-state index contributed by atoms with van der Waals surface area (Å²) in [6.07, 6.45) is 1.77. The van der Waals surface area contributed by atoms with Crippen LogP contribution in [0, 0.1) is 0 Å². The topological polar surface area (TPSA) is 66.0 Å². The Kier molecular flexibility index (Phi) is 3.70. The second-order valence-corrected chi connectivity index (χ2v) is 2.87. The molecular weight excluding hydrogens is 168 g/mol. The molecule has 5 heteroatoms. The molecule has 0 aliphatic rings. The number of nitrogens with two attached hydrogens (primary N) is 1. The van der Waals surface area contributed by atoms with Gasteiger partial charge in [-0.2, -0.15) is 10.1 Å². The van der Waals surface area contributed by atoms with E-state index in [4.69, 9.17) is 10.5 Å². The van der Waals surface area contributed by atoms with Crippen LogP contribution in [-0.2, 0) is 18.2 Å². The van der Waals surface area contributed by atoms with Gasteiger partial charge < -0.3 is 10.5 Å². The number of rotatable bonds is 5. The number of hydrogen-bond donors (Lipinski definition) is 1. The van der Waals surface area contributed by atoms with Gasteiger partial charge in [-0.05, 0) is 6.42 Å². The molecule has 1 aromatic rings. The minimum Gasteiger partial charge on any atom is -0.381 e. The van der Waals surface area contributed by atoms with E-state index in [1.807, 2.05) is 0 Å². The van der Waals surface area contributed by atoms with Gasteiger partial charge in [-0.25, -0.2) is 4.68 Å². The normalized spacial score (nSPS) is 10.6. The highest BCUT2D eigenvalue weighted by atomic mass is 16.5. The van der Waals surface area contributed by atoms with Gasteiger partial charge in [0.05, 0.1) is 6.61 Å². The zero-order chi connectivity index (χ0) is 9.68. The van der Waals surface area contributed by atoms with Gasteiger partial charge in [0.1, 0.15) is 0 Å². The first-order valence-electron chi connectivity index (χ1n) is 4.47. The van der Waals surface area contributed by atoms with E-state index in [-0.39, 0.29) is 0 Å². The molecule has 0 spiro atoms. The van der Waals surface area contributed by atoms with Crippen molar-refractivity contribution in [3.63, 3.8) is 0 Å². The lowest BCUT2D eigenvalue weighted by Crippen LogP contribution is -2.01. The second kappa shape index (κ2) is 4.81. The van der Waals surface area contributed by atoms with Crippen molar-refractivity contribution in [2.45, 2.75) is 19.8 Å². The van der Waals surface area contributed by atoms with Gasteiger partial charge in [-0.3, -0.25) is 0 Å². The molecule has 0 radical (unpaired) electrons. The Bertz CT molecular complexity index is 239. The van der Waals surface area contributed by atoms with Crippen LogP contribution in [0.3, 0.4) is 0 Å². The van der Waals surface area contributed by atoms with Crippen LogP contribution in [0.5, 0.6) is 0 Å². The fraction of sp³-hybridized carbons (Fsp3) is 0.750. The van der Waals surface area contributed by atoms with Crippen LogP contribution in [0.4, 0.5) is 5.95 Å². The maximum absolute atomic E-state index is 5.52. The summed E-state index contributed by atoms with van der Waals surface area (Å²) in [5.74, 6) is 1.20. The van der Waals surface area contributed by atoms with Gasteiger partial charge >= 0.3 is 0 Å². The molecular formula is C8H16N4O. The van der Waals surface area contributed by atoms with Crippen molar-refractivity contribution in [2.24, 2.45) is 7.05 Å². The Balaban J connectivity index is 2.29. The molecule has 0 unspecified atom stereocenters. The molecule has 13 heavy (non-hydrogen) atoms. The standard InChI is InChI=1S/C8H16N4O/c1-3-5-13-6-4-7-10-8(9)12(2)11-7/h3-6H2,1-2H3,(H2,9,10,11). The molecule has 74 valence electrons. The Morgan fingerprint density at radius 3 is 2.77 bits per heavy atom. The maximum Gasteiger partial charge on any atom is 0.218 e. The Hall–Kier alpha value is -1.10. The molecule has 1 aromatic heterocycles. The van der Waals surface area contributed by atoms with Crippen LogP contribution in [0.25, 0.3) is 0 Å². The van der Waals surface area contributed by atoms with Gasteiger partial charge in [0, 0.05) is 20.1 Å². The van der Waals surface area contributed by atoms with Gasteiger partial charge in [-0.15, -0.1) is 0 Å². The van der Waals surface area contributed by atoms with Crippen LogP contribution in [-0.4, -0.2) is 28.0 Å². The van der Waals surface area contributed by atoms with Crippen molar-refractivity contribution in [1.82, 2.24) is 14.8 Å². The van der Waals surface area contributed by atoms with Crippen LogP contribution in [0.1, 0.15) is 19.2 Å². The number of aryl methyl sites for hydroxylation is 1. The van der Waals surface area contributed by atoms with Crippen molar-refractivity contribution in [1.29, 1.82) is 0 Å². The number of aromatic nitrogens is 3. The van der Waals surface area contributed by atoms with Crippen molar-refractivity contribution in [2.75, 3.05) is 18.9 Å². The predicted molar refractivity (Wildman–Crippen MR) is 50.2 cm³/mol. The van der Waals surface area contributed by atoms with Crippen LogP contribution in [0.2, 0.25) is 0 Å². The molecule has 1 rings (SSSR count). The van der Waals surface area contributed by atoms with E-state index < -0.39 is 0 Å². The summed E-state index contributed by atoms with van der Waals surface area (Å²) in [6, 6.07) is 0. The van der Waals surface area contributed by atoms with Crippen LogP contribution < -0.4 is 5.73 Å². The molecule has 2 N–H and O–H groups in total. The van der Waals surface area contributed by atoms with Crippen molar-refractivity contribution in [3.8, 4) is 0 Å². The van der Waals surface area contributed by atoms with E-state index in [2.05, 4.69) is 17.0 Å². The Morgan fingerprint density at radius 2 is 2.23 bits per heavy atom. The fourth-order valence-corrected chi connectivity index (χ4v) is 0.967. The summed E-state index contributed by atoms with van der Waals surface area (Å²) in [5, 5.41) is 4.11. The third-order valence-corrected chi connectivity index (χ3v) is 1.66. The van der Waals surface area contributed by atoms with Crippen LogP contribution in [0.15, 0.2) is 0 Å². The first-order valence-corrected chi connectivity index (χ1v) is 4.47. The van der Waals surface area contributed by atoms with Gasteiger partial charge in [0.2, 0.25) is 5.95 Å². The fourth-order valence-electron chi connectivity index (χ4n) is 0.967. The van der Waals surface area contributed by atoms with E-state index in [0.29, 0.717) is 12.6 Å². The molecule has 0 bridgehead atoms. The first-order chi connectivity index (χ1) is 6.24. The summed E-state index contributed by atoms with van der Waals surface area (Å²) in [5.41, 5.74) is 5.52. The SMILES string of the molecule is CCCOCCc1nc(N)n(C)n1. The molecule has 0 amide bonds. The summed E-state index contributed by atoms with van der Waals surface area (Å²) in [7, 11) is 1.78. The zero-order valence-corrected chi connectivity index (χ0v) is 8.16. The summed E-state index contributed by atoms with van der Waals surface area (Å²) < 4.78 is 6.87. The number of nitrogen functional groups attached to an aromatic ring is 1. The van der Waals surface area contributed by atoms with E-state index >= 15 is 0 Å². The lowest BCUT2D eigenvalue weighted by molar-refractivity contribution is 0.136. The molecule has 0 atom stereocenters. The molecule has 0 aromatic carbocycles. The zero-order valence-electron chi connectivity index (χ0n) is 8.16. The van der Waals surface area contributed by atoms with Gasteiger partial charge in [0.15, 0.2) is 5.82 Å². The van der Waals surface area contributed by atoms with Crippen molar-refractivity contribution < 1.29 is 4.74 Å². The van der Waals surface area contributed by atoms with Crippen molar-refractivity contribution >= 4 is 5.95 Å². The van der Waals surface area contributed by atoms with Gasteiger partial charge in [0.25, 0.3) is 0 Å². The predicted octanol–water partition coefficient (Wildman–Crippen LogP) is 0.366. The Morgan fingerprint density at radius 1 is 1.46 bits per heavy atom. The van der Waals surface area contributed by atoms with Crippen molar-refractivity contribution in [3.05, 3.63) is 5.82 Å². The second-order valence-electron chi connectivity index (χ2n) is 2.87. The first kappa shape index (κ1) is 9.98. The number of anilines is 1. The number of ether oxygens (including phenoxy) is 1. The highest BCUT2D eigenvalue weighted by molar-refractivity contribution is 5.15. The highest BCUT2D eigenvalue weighted by Gasteiger charge is 2.02. The highest BCUT2D eigenvalue weighted by Crippen LogP contribution is 1.98. The number of hydrogen-bond acceptors (Lipinski definition) is 4. The maximum atomic E-state index is 5.52. The van der Waals surface area contributed by atoms with E-state index in [1.165, 1.54) is 0 Å².